The Labute approximate surface area is 154 Å². The number of fused-ring (bicyclic) bond motifs is 1. The summed E-state index contributed by atoms with van der Waals surface area (Å²) in [6.45, 7) is 6.28. The first-order chi connectivity index (χ1) is 12.7. The van der Waals surface area contributed by atoms with Crippen LogP contribution >= 0.6 is 0 Å². The molecule has 0 bridgehead atoms. The number of rotatable bonds is 9. The minimum Gasteiger partial charge on any atom is -0.494 e. The number of aryl methyl sites for hydroxylation is 3. The fraction of sp³-hybridized carbons (Fsp3) is 0.333. The van der Waals surface area contributed by atoms with Gasteiger partial charge in [-0.05, 0) is 55.7 Å². The van der Waals surface area contributed by atoms with Gasteiger partial charge in [0.2, 0.25) is 6.41 Å². The van der Waals surface area contributed by atoms with Crippen LogP contribution in [-0.4, -0.2) is 29.1 Å². The molecule has 5 heteroatoms. The average Bonchev–Trinajstić information content (AvgIpc) is 2.99. The van der Waals surface area contributed by atoms with Gasteiger partial charge in [0.25, 0.3) is 0 Å². The van der Waals surface area contributed by atoms with E-state index < -0.39 is 0 Å². The number of hydrogen-bond acceptors (Lipinski definition) is 3. The zero-order valence-corrected chi connectivity index (χ0v) is 15.4. The van der Waals surface area contributed by atoms with Crippen molar-refractivity contribution >= 4 is 17.4 Å². The Balaban J connectivity index is 1.64. The number of nitrogens with zero attached hydrogens (tertiary/aromatic N) is 2. The molecule has 136 valence electrons. The molecular weight excluding hydrogens is 326 g/mol. The van der Waals surface area contributed by atoms with Gasteiger partial charge in [-0.3, -0.25) is 4.79 Å². The summed E-state index contributed by atoms with van der Waals surface area (Å²) >= 11 is 0. The van der Waals surface area contributed by atoms with Gasteiger partial charge in [0.15, 0.2) is 0 Å². The van der Waals surface area contributed by atoms with Crippen LogP contribution in [-0.2, 0) is 17.8 Å². The molecule has 1 N–H and O–H groups in total. The standard InChI is InChI=1S/C21H25N3O2/c1-16-8-9-18(14-17(16)2)26-13-5-12-24-20-7-4-3-6-19(20)23-21(24)10-11-22-15-25/h3-4,6-9,14-15H,5,10-13H2,1-2H3,(H,22,25). The van der Waals surface area contributed by atoms with Crippen LogP contribution in [0.2, 0.25) is 0 Å². The molecule has 3 rings (SSSR count). The van der Waals surface area contributed by atoms with Crippen molar-refractivity contribution in [3.05, 3.63) is 59.4 Å². The molecule has 0 aliphatic carbocycles. The lowest BCUT2D eigenvalue weighted by Crippen LogP contribution is -2.17. The van der Waals surface area contributed by atoms with Crippen LogP contribution in [0.15, 0.2) is 42.5 Å². The molecule has 1 aromatic heterocycles. The minimum absolute atomic E-state index is 0.589. The molecule has 3 aromatic rings. The summed E-state index contributed by atoms with van der Waals surface area (Å²) in [6.07, 6.45) is 2.33. The second-order valence-corrected chi connectivity index (χ2v) is 6.44. The van der Waals surface area contributed by atoms with Crippen molar-refractivity contribution in [2.45, 2.75) is 33.2 Å². The predicted octanol–water partition coefficient (Wildman–Crippen LogP) is 3.41. The summed E-state index contributed by atoms with van der Waals surface area (Å²) in [5.41, 5.74) is 4.63. The first-order valence-corrected chi connectivity index (χ1v) is 9.00. The Kier molecular flexibility index (Phi) is 5.89. The van der Waals surface area contributed by atoms with E-state index >= 15 is 0 Å². The van der Waals surface area contributed by atoms with Crippen LogP contribution in [0.25, 0.3) is 11.0 Å². The molecule has 2 aromatic carbocycles. The van der Waals surface area contributed by atoms with Crippen molar-refractivity contribution in [3.63, 3.8) is 0 Å². The molecular formula is C21H25N3O2. The van der Waals surface area contributed by atoms with Crippen LogP contribution < -0.4 is 10.1 Å². The van der Waals surface area contributed by atoms with Gasteiger partial charge in [-0.25, -0.2) is 4.98 Å². The number of nitrogens with one attached hydrogen (secondary N) is 1. The number of amides is 1. The maximum absolute atomic E-state index is 10.5. The Bertz CT molecular complexity index is 886. The summed E-state index contributed by atoms with van der Waals surface area (Å²) in [6, 6.07) is 14.3. The van der Waals surface area contributed by atoms with Crippen molar-refractivity contribution < 1.29 is 9.53 Å². The van der Waals surface area contributed by atoms with Gasteiger partial charge in [-0.2, -0.15) is 0 Å². The average molecular weight is 351 g/mol. The zero-order valence-electron chi connectivity index (χ0n) is 15.4. The first-order valence-electron chi connectivity index (χ1n) is 9.00. The Hall–Kier alpha value is -2.82. The second kappa shape index (κ2) is 8.52. The highest BCUT2D eigenvalue weighted by atomic mass is 16.5. The Morgan fingerprint density at radius 1 is 1.15 bits per heavy atom. The van der Waals surface area contributed by atoms with E-state index in [1.807, 2.05) is 24.3 Å². The second-order valence-electron chi connectivity index (χ2n) is 6.44. The predicted molar refractivity (Wildman–Crippen MR) is 104 cm³/mol. The normalized spacial score (nSPS) is 10.8. The molecule has 0 aliphatic rings. The van der Waals surface area contributed by atoms with E-state index in [0.717, 1.165) is 42.0 Å². The van der Waals surface area contributed by atoms with Crippen LogP contribution in [0.1, 0.15) is 23.4 Å². The van der Waals surface area contributed by atoms with Crippen LogP contribution in [0.5, 0.6) is 5.75 Å². The molecule has 0 unspecified atom stereocenters. The van der Waals surface area contributed by atoms with Gasteiger partial charge >= 0.3 is 0 Å². The van der Waals surface area contributed by atoms with Gasteiger partial charge in [0.05, 0.1) is 17.6 Å². The minimum atomic E-state index is 0.589. The highest BCUT2D eigenvalue weighted by molar-refractivity contribution is 5.75. The number of ether oxygens (including phenoxy) is 1. The van der Waals surface area contributed by atoms with Crippen LogP contribution in [0, 0.1) is 13.8 Å². The third kappa shape index (κ3) is 4.23. The maximum Gasteiger partial charge on any atom is 0.207 e. The summed E-state index contributed by atoms with van der Waals surface area (Å²) < 4.78 is 8.13. The number of benzene rings is 2. The van der Waals surface area contributed by atoms with E-state index in [4.69, 9.17) is 9.72 Å². The van der Waals surface area contributed by atoms with Crippen molar-refractivity contribution in [2.24, 2.45) is 0 Å². The molecule has 0 radical (unpaired) electrons. The molecule has 1 amide bonds. The maximum atomic E-state index is 10.5. The summed E-state index contributed by atoms with van der Waals surface area (Å²) in [5, 5.41) is 2.71. The highest BCUT2D eigenvalue weighted by Crippen LogP contribution is 2.18. The SMILES string of the molecule is Cc1ccc(OCCCn2c(CCNC=O)nc3ccccc32)cc1C. The van der Waals surface area contributed by atoms with Gasteiger partial charge in [-0.1, -0.05) is 18.2 Å². The third-order valence-corrected chi connectivity index (χ3v) is 4.58. The molecule has 0 spiro atoms. The lowest BCUT2D eigenvalue weighted by Gasteiger charge is -2.11. The molecule has 26 heavy (non-hydrogen) atoms. The zero-order chi connectivity index (χ0) is 18.4. The van der Waals surface area contributed by atoms with Crippen molar-refractivity contribution in [1.82, 2.24) is 14.9 Å². The number of carbonyl (C=O) groups is 1. The lowest BCUT2D eigenvalue weighted by molar-refractivity contribution is -0.109. The highest BCUT2D eigenvalue weighted by Gasteiger charge is 2.10. The molecule has 0 fully saturated rings. The van der Waals surface area contributed by atoms with Gasteiger partial charge < -0.3 is 14.6 Å². The number of carbonyl (C=O) groups excluding carboxylic acids is 1. The van der Waals surface area contributed by atoms with E-state index in [-0.39, 0.29) is 0 Å². The molecule has 0 atom stereocenters. The molecule has 0 saturated heterocycles. The molecule has 0 saturated carbocycles. The van der Waals surface area contributed by atoms with Gasteiger partial charge in [0.1, 0.15) is 11.6 Å². The van der Waals surface area contributed by atoms with E-state index in [1.165, 1.54) is 11.1 Å². The number of imidazole rings is 1. The summed E-state index contributed by atoms with van der Waals surface area (Å²) in [5.74, 6) is 1.91. The van der Waals surface area contributed by atoms with E-state index in [9.17, 15) is 4.79 Å². The van der Waals surface area contributed by atoms with Crippen molar-refractivity contribution in [1.29, 1.82) is 0 Å². The topological polar surface area (TPSA) is 56.1 Å². The van der Waals surface area contributed by atoms with Crippen molar-refractivity contribution in [3.8, 4) is 5.75 Å². The quantitative estimate of drug-likeness (QED) is 0.475. The van der Waals surface area contributed by atoms with Crippen molar-refractivity contribution in [2.75, 3.05) is 13.2 Å². The fourth-order valence-corrected chi connectivity index (χ4v) is 3.03. The molecule has 0 aliphatic heterocycles. The fourth-order valence-electron chi connectivity index (χ4n) is 3.03. The summed E-state index contributed by atoms with van der Waals surface area (Å²) in [4.78, 5) is 15.2. The number of aromatic nitrogens is 2. The van der Waals surface area contributed by atoms with E-state index in [1.54, 1.807) is 0 Å². The molecule has 5 nitrogen and oxygen atoms in total. The van der Waals surface area contributed by atoms with E-state index in [2.05, 4.69) is 41.9 Å². The smallest absolute Gasteiger partial charge is 0.207 e. The third-order valence-electron chi connectivity index (χ3n) is 4.58. The number of para-hydroxylation sites is 2. The lowest BCUT2D eigenvalue weighted by atomic mass is 10.1. The Morgan fingerprint density at radius 2 is 2.00 bits per heavy atom. The molecule has 1 heterocycles. The van der Waals surface area contributed by atoms with Gasteiger partial charge in [-0.15, -0.1) is 0 Å². The van der Waals surface area contributed by atoms with Crippen LogP contribution in [0.3, 0.4) is 0 Å². The van der Waals surface area contributed by atoms with Gasteiger partial charge in [0, 0.05) is 19.5 Å². The monoisotopic (exact) mass is 351 g/mol. The largest absolute Gasteiger partial charge is 0.494 e. The van der Waals surface area contributed by atoms with Crippen LogP contribution in [0.4, 0.5) is 0 Å². The van der Waals surface area contributed by atoms with E-state index in [0.29, 0.717) is 19.6 Å². The Morgan fingerprint density at radius 3 is 2.81 bits per heavy atom. The first kappa shape index (κ1) is 18.0. The summed E-state index contributed by atoms with van der Waals surface area (Å²) in [7, 11) is 0. The number of hydrogen-bond donors (Lipinski definition) is 1.